The molecule has 0 unspecified atom stereocenters. The molecular formula is C22H26N2O. The first-order valence-corrected chi connectivity index (χ1v) is 8.84. The number of nitrogens with one attached hydrogen (secondary N) is 2. The molecule has 1 aromatic heterocycles. The number of hydrogen-bond donors (Lipinski definition) is 2. The lowest BCUT2D eigenvalue weighted by Gasteiger charge is -2.25. The zero-order valence-corrected chi connectivity index (χ0v) is 15.4. The molecule has 0 fully saturated rings. The summed E-state index contributed by atoms with van der Waals surface area (Å²) in [6.07, 6.45) is 1.95. The van der Waals surface area contributed by atoms with Crippen molar-refractivity contribution < 1.29 is 4.79 Å². The standard InChI is InChI=1S/C22H26N2O/c1-15(2)14-24-21(25)22(3,4)19-8-5-16(6-9-19)17-7-10-20-18(13-17)11-12-23-20/h5-13,15,23H,14H2,1-4H3,(H,24,25). The molecule has 0 aliphatic carbocycles. The van der Waals surface area contributed by atoms with Crippen LogP contribution in [0.15, 0.2) is 54.7 Å². The zero-order chi connectivity index (χ0) is 18.0. The first-order chi connectivity index (χ1) is 11.9. The maximum Gasteiger partial charge on any atom is 0.230 e. The van der Waals surface area contributed by atoms with E-state index in [-0.39, 0.29) is 5.91 Å². The highest BCUT2D eigenvalue weighted by Crippen LogP contribution is 2.28. The highest BCUT2D eigenvalue weighted by atomic mass is 16.2. The van der Waals surface area contributed by atoms with Crippen molar-refractivity contribution in [2.45, 2.75) is 33.1 Å². The van der Waals surface area contributed by atoms with Crippen LogP contribution < -0.4 is 5.32 Å². The van der Waals surface area contributed by atoms with Gasteiger partial charge in [0.25, 0.3) is 0 Å². The van der Waals surface area contributed by atoms with E-state index in [1.165, 1.54) is 10.9 Å². The maximum absolute atomic E-state index is 12.5. The van der Waals surface area contributed by atoms with Crippen LogP contribution in [0.3, 0.4) is 0 Å². The third-order valence-corrected chi connectivity index (χ3v) is 4.73. The first kappa shape index (κ1) is 17.3. The molecule has 0 aliphatic heterocycles. The van der Waals surface area contributed by atoms with E-state index >= 15 is 0 Å². The molecule has 0 saturated heterocycles. The SMILES string of the molecule is CC(C)CNC(=O)C(C)(C)c1ccc(-c2ccc3[nH]ccc3c2)cc1. The molecule has 3 heteroatoms. The second-order valence-electron chi connectivity index (χ2n) is 7.59. The molecule has 130 valence electrons. The van der Waals surface area contributed by atoms with Crippen LogP contribution in [0.2, 0.25) is 0 Å². The molecule has 3 aromatic rings. The number of aromatic amines is 1. The average Bonchev–Trinajstić information content (AvgIpc) is 3.07. The summed E-state index contributed by atoms with van der Waals surface area (Å²) in [7, 11) is 0. The highest BCUT2D eigenvalue weighted by Gasteiger charge is 2.29. The Balaban J connectivity index is 1.82. The Kier molecular flexibility index (Phi) is 4.67. The lowest BCUT2D eigenvalue weighted by Crippen LogP contribution is -2.41. The van der Waals surface area contributed by atoms with E-state index in [4.69, 9.17) is 0 Å². The minimum atomic E-state index is -0.544. The van der Waals surface area contributed by atoms with Crippen LogP contribution in [0, 0.1) is 5.92 Å². The van der Waals surface area contributed by atoms with Crippen molar-refractivity contribution >= 4 is 16.8 Å². The number of aromatic nitrogens is 1. The summed E-state index contributed by atoms with van der Waals surface area (Å²) < 4.78 is 0. The lowest BCUT2D eigenvalue weighted by atomic mass is 9.83. The molecule has 3 rings (SSSR count). The Morgan fingerprint density at radius 1 is 1.04 bits per heavy atom. The summed E-state index contributed by atoms with van der Waals surface area (Å²) in [5.74, 6) is 0.521. The summed E-state index contributed by atoms with van der Waals surface area (Å²) in [4.78, 5) is 15.7. The number of carbonyl (C=O) groups excluding carboxylic acids is 1. The Morgan fingerprint density at radius 3 is 2.40 bits per heavy atom. The van der Waals surface area contributed by atoms with Crippen LogP contribution in [-0.2, 0) is 10.2 Å². The fraction of sp³-hybridized carbons (Fsp3) is 0.318. The average molecular weight is 334 g/mol. The molecule has 0 atom stereocenters. The van der Waals surface area contributed by atoms with Crippen molar-refractivity contribution in [3.05, 3.63) is 60.3 Å². The van der Waals surface area contributed by atoms with Gasteiger partial charge in [0, 0.05) is 18.3 Å². The smallest absolute Gasteiger partial charge is 0.230 e. The molecule has 25 heavy (non-hydrogen) atoms. The van der Waals surface area contributed by atoms with Crippen molar-refractivity contribution in [2.75, 3.05) is 6.54 Å². The van der Waals surface area contributed by atoms with Crippen molar-refractivity contribution in [3.8, 4) is 11.1 Å². The van der Waals surface area contributed by atoms with Gasteiger partial charge in [-0.1, -0.05) is 44.2 Å². The van der Waals surface area contributed by atoms with Crippen LogP contribution in [0.5, 0.6) is 0 Å². The quantitative estimate of drug-likeness (QED) is 0.686. The second-order valence-corrected chi connectivity index (χ2v) is 7.59. The van der Waals surface area contributed by atoms with E-state index in [1.54, 1.807) is 0 Å². The van der Waals surface area contributed by atoms with Crippen molar-refractivity contribution in [1.82, 2.24) is 10.3 Å². The molecule has 1 amide bonds. The summed E-state index contributed by atoms with van der Waals surface area (Å²) in [5, 5.41) is 4.25. The number of amides is 1. The van der Waals surface area contributed by atoms with Gasteiger partial charge in [-0.3, -0.25) is 4.79 Å². The first-order valence-electron chi connectivity index (χ1n) is 8.84. The number of hydrogen-bond acceptors (Lipinski definition) is 1. The summed E-state index contributed by atoms with van der Waals surface area (Å²) in [6, 6.07) is 16.8. The van der Waals surface area contributed by atoms with Gasteiger partial charge in [-0.25, -0.2) is 0 Å². The van der Waals surface area contributed by atoms with Gasteiger partial charge in [-0.2, -0.15) is 0 Å². The molecule has 3 nitrogen and oxygen atoms in total. The molecule has 0 radical (unpaired) electrons. The van der Waals surface area contributed by atoms with Crippen molar-refractivity contribution in [1.29, 1.82) is 0 Å². The summed E-state index contributed by atoms with van der Waals surface area (Å²) >= 11 is 0. The number of fused-ring (bicyclic) bond motifs is 1. The molecule has 0 bridgehead atoms. The van der Waals surface area contributed by atoms with E-state index in [0.717, 1.165) is 16.6 Å². The Morgan fingerprint density at radius 2 is 1.72 bits per heavy atom. The fourth-order valence-electron chi connectivity index (χ4n) is 2.96. The number of H-pyrrole nitrogens is 1. The molecular weight excluding hydrogens is 308 g/mol. The van der Waals surface area contributed by atoms with E-state index in [2.05, 4.69) is 72.7 Å². The zero-order valence-electron chi connectivity index (χ0n) is 15.4. The molecule has 2 N–H and O–H groups in total. The van der Waals surface area contributed by atoms with E-state index in [1.807, 2.05) is 20.0 Å². The number of benzene rings is 2. The minimum Gasteiger partial charge on any atom is -0.361 e. The minimum absolute atomic E-state index is 0.0719. The van der Waals surface area contributed by atoms with Gasteiger partial charge >= 0.3 is 0 Å². The van der Waals surface area contributed by atoms with Gasteiger partial charge in [0.15, 0.2) is 0 Å². The third kappa shape index (κ3) is 3.60. The van der Waals surface area contributed by atoms with Gasteiger partial charge in [0.1, 0.15) is 0 Å². The lowest BCUT2D eigenvalue weighted by molar-refractivity contribution is -0.125. The maximum atomic E-state index is 12.5. The Bertz CT molecular complexity index is 872. The van der Waals surface area contributed by atoms with Crippen LogP contribution >= 0.6 is 0 Å². The van der Waals surface area contributed by atoms with Crippen molar-refractivity contribution in [2.24, 2.45) is 5.92 Å². The molecule has 2 aromatic carbocycles. The van der Waals surface area contributed by atoms with E-state index in [0.29, 0.717) is 12.5 Å². The van der Waals surface area contributed by atoms with Crippen LogP contribution in [0.4, 0.5) is 0 Å². The topological polar surface area (TPSA) is 44.9 Å². The highest BCUT2D eigenvalue weighted by molar-refractivity contribution is 5.88. The monoisotopic (exact) mass is 334 g/mol. The predicted octanol–water partition coefficient (Wildman–Crippen LogP) is 4.88. The van der Waals surface area contributed by atoms with Crippen LogP contribution in [0.25, 0.3) is 22.0 Å². The Hall–Kier alpha value is -2.55. The largest absolute Gasteiger partial charge is 0.361 e. The van der Waals surface area contributed by atoms with Gasteiger partial charge in [0.2, 0.25) is 5.91 Å². The van der Waals surface area contributed by atoms with Crippen LogP contribution in [0.1, 0.15) is 33.3 Å². The van der Waals surface area contributed by atoms with Gasteiger partial charge in [0.05, 0.1) is 5.41 Å². The number of carbonyl (C=O) groups is 1. The molecule has 0 spiro atoms. The molecule has 0 saturated carbocycles. The third-order valence-electron chi connectivity index (χ3n) is 4.73. The van der Waals surface area contributed by atoms with E-state index < -0.39 is 5.41 Å². The van der Waals surface area contributed by atoms with Crippen LogP contribution in [-0.4, -0.2) is 17.4 Å². The van der Waals surface area contributed by atoms with Gasteiger partial charge < -0.3 is 10.3 Å². The normalized spacial score (nSPS) is 11.9. The second kappa shape index (κ2) is 6.75. The van der Waals surface area contributed by atoms with Gasteiger partial charge in [-0.15, -0.1) is 0 Å². The van der Waals surface area contributed by atoms with Crippen molar-refractivity contribution in [3.63, 3.8) is 0 Å². The molecule has 0 aliphatic rings. The van der Waals surface area contributed by atoms with Gasteiger partial charge in [-0.05, 0) is 60.0 Å². The summed E-state index contributed by atoms with van der Waals surface area (Å²) in [6.45, 7) is 8.86. The fourth-order valence-corrected chi connectivity index (χ4v) is 2.96. The summed E-state index contributed by atoms with van der Waals surface area (Å²) in [5.41, 5.74) is 3.97. The van der Waals surface area contributed by atoms with E-state index in [9.17, 15) is 4.79 Å². The predicted molar refractivity (Wildman–Crippen MR) is 105 cm³/mol. The molecule has 1 heterocycles. The Labute approximate surface area is 149 Å². The number of rotatable bonds is 5.